The molecule has 178 valence electrons. The molecule has 31 heavy (non-hydrogen) atoms. The number of allylic oxidation sites excluding steroid dienone is 2. The normalized spacial score (nSPS) is 44.0. The molecule has 0 heterocycles. The molecular weight excluding hydrogens is 393 g/mol. The van der Waals surface area contributed by atoms with Crippen molar-refractivity contribution in [2.45, 2.75) is 117 Å². The van der Waals surface area contributed by atoms with Crippen LogP contribution < -0.4 is 0 Å². The van der Waals surface area contributed by atoms with Crippen molar-refractivity contribution in [3.63, 3.8) is 0 Å². The summed E-state index contributed by atoms with van der Waals surface area (Å²) in [5.74, 6) is 2.80. The molecule has 0 aliphatic heterocycles. The number of rotatable bonds is 5. The molecule has 4 rings (SSSR count). The maximum absolute atomic E-state index is 12.9. The predicted octanol–water partition coefficient (Wildman–Crippen LogP) is 9.35. The van der Waals surface area contributed by atoms with Gasteiger partial charge in [0.2, 0.25) is 0 Å². The van der Waals surface area contributed by atoms with Gasteiger partial charge in [-0.15, -0.1) is 0 Å². The molecule has 0 N–H and O–H groups in total. The van der Waals surface area contributed by atoms with Crippen molar-refractivity contribution in [2.24, 2.45) is 46.3 Å². The Morgan fingerprint density at radius 1 is 1.06 bits per heavy atom. The van der Waals surface area contributed by atoms with Gasteiger partial charge in [-0.3, -0.25) is 0 Å². The summed E-state index contributed by atoms with van der Waals surface area (Å²) in [6.45, 7) is 8.83. The van der Waals surface area contributed by atoms with Crippen LogP contribution in [0.3, 0.4) is 0 Å². The van der Waals surface area contributed by atoms with Crippen molar-refractivity contribution in [1.29, 1.82) is 0 Å². The van der Waals surface area contributed by atoms with Gasteiger partial charge in [-0.2, -0.15) is 13.2 Å². The first-order chi connectivity index (χ1) is 14.6. The molecule has 0 amide bonds. The maximum atomic E-state index is 12.9. The third-order valence-corrected chi connectivity index (χ3v) is 11.0. The Kier molecular flexibility index (Phi) is 6.65. The second-order valence-corrected chi connectivity index (χ2v) is 12.3. The molecule has 3 heteroatoms. The third kappa shape index (κ3) is 4.25. The summed E-state index contributed by atoms with van der Waals surface area (Å²) in [7, 11) is 0. The van der Waals surface area contributed by atoms with E-state index in [1.807, 2.05) is 0 Å². The minimum Gasteiger partial charge on any atom is -0.171 e. The molecule has 0 radical (unpaired) electrons. The highest BCUT2D eigenvalue weighted by molar-refractivity contribution is 5.24. The van der Waals surface area contributed by atoms with Gasteiger partial charge < -0.3 is 0 Å². The standard InChI is InChI=1S/C28H45F3/c1-5-20-9-7-16-26(3)22(18-20)11-13-23-24-14-12-21(27(24,4)17-15-25(23)26)10-6-8-19(2)28(29,30)31/h11,19-21,23-25H,5-10,12-18H2,1-4H3. The maximum Gasteiger partial charge on any atom is 0.391 e. The largest absolute Gasteiger partial charge is 0.391 e. The zero-order valence-corrected chi connectivity index (χ0v) is 20.4. The average Bonchev–Trinajstić information content (AvgIpc) is 2.94. The number of fused-ring (bicyclic) bond motifs is 5. The van der Waals surface area contributed by atoms with Gasteiger partial charge in [0.25, 0.3) is 0 Å². The van der Waals surface area contributed by atoms with Gasteiger partial charge in [0.1, 0.15) is 0 Å². The summed E-state index contributed by atoms with van der Waals surface area (Å²) >= 11 is 0. The molecule has 0 aromatic carbocycles. The molecule has 0 saturated heterocycles. The van der Waals surface area contributed by atoms with Gasteiger partial charge in [0, 0.05) is 0 Å². The van der Waals surface area contributed by atoms with E-state index in [4.69, 9.17) is 0 Å². The van der Waals surface area contributed by atoms with E-state index >= 15 is 0 Å². The third-order valence-electron chi connectivity index (χ3n) is 11.0. The van der Waals surface area contributed by atoms with E-state index in [1.165, 1.54) is 71.1 Å². The SMILES string of the molecule is CCC1CCCC2(C)C(=CCC3C2CCC2(C)C(CCCC(C)C(F)(F)F)CCC32)C1. The van der Waals surface area contributed by atoms with Gasteiger partial charge in [0.15, 0.2) is 0 Å². The Morgan fingerprint density at radius 2 is 1.84 bits per heavy atom. The molecule has 3 fully saturated rings. The fourth-order valence-electron chi connectivity index (χ4n) is 8.76. The molecule has 4 aliphatic carbocycles. The van der Waals surface area contributed by atoms with Crippen molar-refractivity contribution < 1.29 is 13.2 Å². The lowest BCUT2D eigenvalue weighted by Crippen LogP contribution is -2.48. The molecule has 8 atom stereocenters. The van der Waals surface area contributed by atoms with E-state index in [0.29, 0.717) is 23.2 Å². The Labute approximate surface area is 188 Å². The van der Waals surface area contributed by atoms with Crippen LogP contribution >= 0.6 is 0 Å². The van der Waals surface area contributed by atoms with Crippen molar-refractivity contribution in [3.05, 3.63) is 11.6 Å². The molecule has 3 saturated carbocycles. The minimum atomic E-state index is -4.03. The van der Waals surface area contributed by atoms with E-state index in [9.17, 15) is 13.2 Å². The summed E-state index contributed by atoms with van der Waals surface area (Å²) in [4.78, 5) is 0. The van der Waals surface area contributed by atoms with Gasteiger partial charge in [-0.25, -0.2) is 0 Å². The van der Waals surface area contributed by atoms with E-state index in [2.05, 4.69) is 26.8 Å². The van der Waals surface area contributed by atoms with Gasteiger partial charge in [-0.05, 0) is 98.2 Å². The quantitative estimate of drug-likeness (QED) is 0.375. The Hall–Kier alpha value is -0.470. The van der Waals surface area contributed by atoms with E-state index in [1.54, 1.807) is 5.57 Å². The highest BCUT2D eigenvalue weighted by Crippen LogP contribution is 2.66. The summed E-state index contributed by atoms with van der Waals surface area (Å²) in [5, 5.41) is 0. The van der Waals surface area contributed by atoms with Crippen molar-refractivity contribution in [3.8, 4) is 0 Å². The molecule has 0 bridgehead atoms. The van der Waals surface area contributed by atoms with Crippen LogP contribution in [0, 0.1) is 46.3 Å². The first-order valence-corrected chi connectivity index (χ1v) is 13.4. The van der Waals surface area contributed by atoms with Crippen LogP contribution in [0.4, 0.5) is 13.2 Å². The first kappa shape index (κ1) is 23.7. The van der Waals surface area contributed by atoms with Crippen molar-refractivity contribution in [1.82, 2.24) is 0 Å². The monoisotopic (exact) mass is 438 g/mol. The number of hydrogen-bond donors (Lipinski definition) is 0. The van der Waals surface area contributed by atoms with Crippen LogP contribution in [0.1, 0.15) is 111 Å². The van der Waals surface area contributed by atoms with Crippen LogP contribution in [-0.2, 0) is 0 Å². The fourth-order valence-corrected chi connectivity index (χ4v) is 8.76. The van der Waals surface area contributed by atoms with Gasteiger partial charge in [0.05, 0.1) is 5.92 Å². The first-order valence-electron chi connectivity index (χ1n) is 13.4. The lowest BCUT2D eigenvalue weighted by Gasteiger charge is -2.56. The molecule has 8 unspecified atom stereocenters. The van der Waals surface area contributed by atoms with Crippen molar-refractivity contribution >= 4 is 0 Å². The highest BCUT2D eigenvalue weighted by atomic mass is 19.4. The summed E-state index contributed by atoms with van der Waals surface area (Å²) < 4.78 is 38.8. The lowest BCUT2D eigenvalue weighted by molar-refractivity contribution is -0.171. The topological polar surface area (TPSA) is 0 Å². The van der Waals surface area contributed by atoms with Gasteiger partial charge >= 0.3 is 6.18 Å². The number of hydrogen-bond acceptors (Lipinski definition) is 0. The summed E-state index contributed by atoms with van der Waals surface area (Å²) in [6, 6.07) is 0. The fraction of sp³-hybridized carbons (Fsp3) is 0.929. The predicted molar refractivity (Wildman–Crippen MR) is 123 cm³/mol. The molecule has 0 nitrogen and oxygen atoms in total. The zero-order valence-electron chi connectivity index (χ0n) is 20.4. The number of alkyl halides is 3. The van der Waals surface area contributed by atoms with Crippen LogP contribution in [0.2, 0.25) is 0 Å². The smallest absolute Gasteiger partial charge is 0.171 e. The van der Waals surface area contributed by atoms with E-state index in [0.717, 1.165) is 36.5 Å². The lowest BCUT2D eigenvalue weighted by atomic mass is 9.48. The second kappa shape index (κ2) is 8.71. The Balaban J connectivity index is 1.45. The van der Waals surface area contributed by atoms with E-state index < -0.39 is 12.1 Å². The van der Waals surface area contributed by atoms with Crippen LogP contribution in [-0.4, -0.2) is 6.18 Å². The van der Waals surface area contributed by atoms with Crippen LogP contribution in [0.15, 0.2) is 11.6 Å². The zero-order chi connectivity index (χ0) is 22.4. The van der Waals surface area contributed by atoms with Crippen LogP contribution in [0.25, 0.3) is 0 Å². The number of halogens is 3. The Morgan fingerprint density at radius 3 is 2.55 bits per heavy atom. The average molecular weight is 439 g/mol. The highest BCUT2D eigenvalue weighted by Gasteiger charge is 2.57. The summed E-state index contributed by atoms with van der Waals surface area (Å²) in [6.07, 6.45) is 14.0. The molecular formula is C28H45F3. The molecule has 0 aromatic heterocycles. The van der Waals surface area contributed by atoms with Crippen LogP contribution in [0.5, 0.6) is 0 Å². The molecule has 0 spiro atoms. The van der Waals surface area contributed by atoms with Crippen molar-refractivity contribution in [2.75, 3.05) is 0 Å². The minimum absolute atomic E-state index is 0.301. The van der Waals surface area contributed by atoms with E-state index in [-0.39, 0.29) is 0 Å². The van der Waals surface area contributed by atoms with Gasteiger partial charge in [-0.1, -0.05) is 65.0 Å². The Bertz CT molecular complexity index is 664. The molecule has 4 aliphatic rings. The summed E-state index contributed by atoms with van der Waals surface area (Å²) in [5.41, 5.74) is 2.56. The molecule has 0 aromatic rings. The second-order valence-electron chi connectivity index (χ2n) is 12.3.